The van der Waals surface area contributed by atoms with Crippen LogP contribution in [0.2, 0.25) is 0 Å². The third kappa shape index (κ3) is 5.51. The summed E-state index contributed by atoms with van der Waals surface area (Å²) in [6, 6.07) is 17.4. The molecule has 7 nitrogen and oxygen atoms in total. The van der Waals surface area contributed by atoms with Gasteiger partial charge in [0.05, 0.1) is 19.1 Å². The van der Waals surface area contributed by atoms with Gasteiger partial charge in [0, 0.05) is 36.2 Å². The first kappa shape index (κ1) is 21.5. The first-order valence-electron chi connectivity index (χ1n) is 10.4. The van der Waals surface area contributed by atoms with Crippen LogP contribution in [0.1, 0.15) is 25.3 Å². The lowest BCUT2D eigenvalue weighted by Gasteiger charge is -2.36. The van der Waals surface area contributed by atoms with Gasteiger partial charge in [0.15, 0.2) is 0 Å². The lowest BCUT2D eigenvalue weighted by Crippen LogP contribution is -2.49. The molecule has 8 heteroatoms. The Kier molecular flexibility index (Phi) is 6.99. The minimum Gasteiger partial charge on any atom is -0.493 e. The van der Waals surface area contributed by atoms with Crippen molar-refractivity contribution in [2.75, 3.05) is 32.8 Å². The van der Waals surface area contributed by atoms with Gasteiger partial charge in [-0.15, -0.1) is 0 Å². The van der Waals surface area contributed by atoms with Crippen LogP contribution in [0.4, 0.5) is 0 Å². The molecule has 0 aliphatic carbocycles. The van der Waals surface area contributed by atoms with E-state index < -0.39 is 0 Å². The molecular formula is C23H25BrN4O3. The van der Waals surface area contributed by atoms with Crippen LogP contribution in [0.3, 0.4) is 0 Å². The van der Waals surface area contributed by atoms with Crippen molar-refractivity contribution in [2.45, 2.75) is 19.4 Å². The van der Waals surface area contributed by atoms with Crippen LogP contribution in [0.15, 0.2) is 63.6 Å². The van der Waals surface area contributed by atoms with Gasteiger partial charge >= 0.3 is 0 Å². The van der Waals surface area contributed by atoms with Crippen molar-refractivity contribution in [3.8, 4) is 17.1 Å². The second-order valence-electron chi connectivity index (χ2n) is 7.47. The van der Waals surface area contributed by atoms with Gasteiger partial charge in [-0.1, -0.05) is 57.5 Å². The number of nitrogens with zero attached hydrogens (tertiary/aromatic N) is 4. The van der Waals surface area contributed by atoms with Gasteiger partial charge in [-0.2, -0.15) is 4.98 Å². The first-order valence-corrected chi connectivity index (χ1v) is 11.2. The molecule has 1 fully saturated rings. The van der Waals surface area contributed by atoms with Crippen molar-refractivity contribution >= 4 is 21.8 Å². The predicted molar refractivity (Wildman–Crippen MR) is 121 cm³/mol. The molecule has 1 amide bonds. The van der Waals surface area contributed by atoms with E-state index in [0.29, 0.717) is 37.8 Å². The summed E-state index contributed by atoms with van der Waals surface area (Å²) in [6.45, 7) is 5.33. The molecule has 0 saturated carbocycles. The van der Waals surface area contributed by atoms with E-state index in [0.717, 1.165) is 28.9 Å². The number of hydrogen-bond acceptors (Lipinski definition) is 6. The van der Waals surface area contributed by atoms with E-state index in [2.05, 4.69) is 37.9 Å². The molecule has 0 N–H and O–H groups in total. The molecule has 1 unspecified atom stereocenters. The highest BCUT2D eigenvalue weighted by molar-refractivity contribution is 9.10. The summed E-state index contributed by atoms with van der Waals surface area (Å²) in [5.74, 6) is 2.07. The molecule has 31 heavy (non-hydrogen) atoms. The highest BCUT2D eigenvalue weighted by atomic mass is 79.9. The van der Waals surface area contributed by atoms with Gasteiger partial charge in [-0.05, 0) is 25.1 Å². The number of aromatic nitrogens is 2. The fraction of sp³-hybridized carbons (Fsp3) is 0.348. The molecule has 2 aromatic carbocycles. The Bertz CT molecular complexity index is 1000. The van der Waals surface area contributed by atoms with Crippen molar-refractivity contribution < 1.29 is 14.1 Å². The van der Waals surface area contributed by atoms with Crippen molar-refractivity contribution in [3.63, 3.8) is 0 Å². The van der Waals surface area contributed by atoms with Crippen molar-refractivity contribution in [1.29, 1.82) is 0 Å². The van der Waals surface area contributed by atoms with E-state index in [1.54, 1.807) is 0 Å². The van der Waals surface area contributed by atoms with Gasteiger partial charge in [-0.3, -0.25) is 9.69 Å². The van der Waals surface area contributed by atoms with Gasteiger partial charge in [0.25, 0.3) is 0 Å². The number of piperazine rings is 1. The number of carbonyl (C=O) groups is 1. The fourth-order valence-electron chi connectivity index (χ4n) is 3.60. The topological polar surface area (TPSA) is 71.7 Å². The smallest absolute Gasteiger partial charge is 0.244 e. The van der Waals surface area contributed by atoms with Gasteiger partial charge in [-0.25, -0.2) is 0 Å². The summed E-state index contributed by atoms with van der Waals surface area (Å²) in [5.41, 5.74) is 0.935. The molecule has 1 aliphatic heterocycles. The molecule has 1 aromatic heterocycles. The Balaban J connectivity index is 1.24. The maximum Gasteiger partial charge on any atom is 0.244 e. The Labute approximate surface area is 190 Å². The maximum atomic E-state index is 12.5. The third-order valence-corrected chi connectivity index (χ3v) is 5.92. The Hall–Kier alpha value is -2.71. The van der Waals surface area contributed by atoms with Crippen LogP contribution in [0.25, 0.3) is 11.4 Å². The summed E-state index contributed by atoms with van der Waals surface area (Å²) >= 11 is 3.42. The third-order valence-electron chi connectivity index (χ3n) is 5.43. The number of halogens is 1. The van der Waals surface area contributed by atoms with E-state index in [-0.39, 0.29) is 11.9 Å². The largest absolute Gasteiger partial charge is 0.493 e. The zero-order valence-corrected chi connectivity index (χ0v) is 19.0. The van der Waals surface area contributed by atoms with Crippen LogP contribution >= 0.6 is 15.9 Å². The molecule has 1 saturated heterocycles. The molecule has 0 bridgehead atoms. The number of carbonyl (C=O) groups excluding carboxylic acids is 1. The van der Waals surface area contributed by atoms with Gasteiger partial charge < -0.3 is 14.2 Å². The minimum atomic E-state index is 0.00192. The summed E-state index contributed by atoms with van der Waals surface area (Å²) in [7, 11) is 0. The first-order chi connectivity index (χ1) is 15.1. The molecule has 2 heterocycles. The summed E-state index contributed by atoms with van der Waals surface area (Å²) < 4.78 is 12.2. The van der Waals surface area contributed by atoms with E-state index >= 15 is 0 Å². The normalized spacial score (nSPS) is 15.6. The van der Waals surface area contributed by atoms with E-state index in [4.69, 9.17) is 9.26 Å². The molecule has 0 spiro atoms. The SMILES string of the molecule is CC(c1nc(-c2ccccc2)no1)N1CCN(C(=O)CCOc2cccc(Br)c2)CC1. The maximum absolute atomic E-state index is 12.5. The number of ether oxygens (including phenoxy) is 1. The standard InChI is InChI=1S/C23H25BrN4O3/c1-17(23-25-22(26-31-23)18-6-3-2-4-7-18)27-11-13-28(14-12-27)21(29)10-15-30-20-9-5-8-19(24)16-20/h2-9,16-17H,10-15H2,1H3. The van der Waals surface area contributed by atoms with Crippen LogP contribution in [0, 0.1) is 0 Å². The predicted octanol–water partition coefficient (Wildman–Crippen LogP) is 4.17. The summed E-state index contributed by atoms with van der Waals surface area (Å²) in [4.78, 5) is 21.3. The monoisotopic (exact) mass is 484 g/mol. The quantitative estimate of drug-likeness (QED) is 0.500. The average Bonchev–Trinajstić information content (AvgIpc) is 3.30. The lowest BCUT2D eigenvalue weighted by atomic mass is 10.2. The number of benzene rings is 2. The van der Waals surface area contributed by atoms with Gasteiger partial charge in [0.2, 0.25) is 17.6 Å². The highest BCUT2D eigenvalue weighted by Gasteiger charge is 2.27. The molecular weight excluding hydrogens is 460 g/mol. The lowest BCUT2D eigenvalue weighted by molar-refractivity contribution is -0.133. The minimum absolute atomic E-state index is 0.00192. The Morgan fingerprint density at radius 3 is 2.65 bits per heavy atom. The van der Waals surface area contributed by atoms with Gasteiger partial charge in [0.1, 0.15) is 5.75 Å². The molecule has 1 aliphatic rings. The zero-order valence-electron chi connectivity index (χ0n) is 17.4. The van der Waals surface area contributed by atoms with E-state index in [1.165, 1.54) is 0 Å². The number of rotatable bonds is 7. The second kappa shape index (κ2) is 10.1. The van der Waals surface area contributed by atoms with Crippen LogP contribution < -0.4 is 4.74 Å². The van der Waals surface area contributed by atoms with E-state index in [1.807, 2.05) is 59.5 Å². The molecule has 4 rings (SSSR count). The second-order valence-corrected chi connectivity index (χ2v) is 8.39. The molecule has 1 atom stereocenters. The summed E-state index contributed by atoms with van der Waals surface area (Å²) in [6.07, 6.45) is 0.367. The number of hydrogen-bond donors (Lipinski definition) is 0. The molecule has 3 aromatic rings. The Morgan fingerprint density at radius 1 is 1.13 bits per heavy atom. The van der Waals surface area contributed by atoms with Crippen molar-refractivity contribution in [2.24, 2.45) is 0 Å². The van der Waals surface area contributed by atoms with Crippen LogP contribution in [0.5, 0.6) is 5.75 Å². The molecule has 0 radical (unpaired) electrons. The number of amides is 1. The van der Waals surface area contributed by atoms with E-state index in [9.17, 15) is 4.79 Å². The van der Waals surface area contributed by atoms with Crippen molar-refractivity contribution in [1.82, 2.24) is 19.9 Å². The van der Waals surface area contributed by atoms with Crippen molar-refractivity contribution in [3.05, 3.63) is 65.0 Å². The fourth-order valence-corrected chi connectivity index (χ4v) is 3.97. The molecule has 162 valence electrons. The van der Waals surface area contributed by atoms with Crippen LogP contribution in [-0.4, -0.2) is 58.6 Å². The average molecular weight is 485 g/mol. The Morgan fingerprint density at radius 2 is 1.90 bits per heavy atom. The zero-order chi connectivity index (χ0) is 21.6. The highest BCUT2D eigenvalue weighted by Crippen LogP contribution is 2.23. The summed E-state index contributed by atoms with van der Waals surface area (Å²) in [5, 5.41) is 4.12. The van der Waals surface area contributed by atoms with Crippen LogP contribution in [-0.2, 0) is 4.79 Å².